The van der Waals surface area contributed by atoms with E-state index < -0.39 is 29.3 Å². The Labute approximate surface area is 215 Å². The standard InChI is InChI=1S/B4H2O7.K.10H2O.Sr.3H/c5-1-7-3-9-2(6)10-4(8-1)11-3;;;;;;;;;;;;;;;/h5-6H;;10*1H2;;;;/q;+1;;;;;;;;;;;+2;3*-1. The molecule has 0 aliphatic carbocycles. The van der Waals surface area contributed by atoms with Crippen LogP contribution in [0.3, 0.4) is 0 Å². The van der Waals surface area contributed by atoms with Crippen LogP contribution in [0, 0.1) is 0 Å². The van der Waals surface area contributed by atoms with Gasteiger partial charge in [0, 0.05) is 0 Å². The van der Waals surface area contributed by atoms with Gasteiger partial charge in [-0.25, -0.2) is 0 Å². The molecule has 2 saturated heterocycles. The van der Waals surface area contributed by atoms with Gasteiger partial charge in [-0.15, -0.1) is 0 Å². The van der Waals surface area contributed by atoms with E-state index in [1.54, 1.807) is 0 Å². The fourth-order valence-corrected chi connectivity index (χ4v) is 0.728. The molecule has 2 heterocycles. The summed E-state index contributed by atoms with van der Waals surface area (Å²) in [4.78, 5) is 0. The Morgan fingerprint density at radius 3 is 0.826 bits per heavy atom. The first-order valence-electron chi connectivity index (χ1n) is 2.87. The van der Waals surface area contributed by atoms with Crippen LogP contribution in [0.25, 0.3) is 0 Å². The van der Waals surface area contributed by atoms with Gasteiger partial charge in [-0.3, -0.25) is 0 Å². The van der Waals surface area contributed by atoms with E-state index in [0.717, 1.165) is 0 Å². The van der Waals surface area contributed by atoms with Crippen molar-refractivity contribution in [3.05, 3.63) is 0 Å². The van der Waals surface area contributed by atoms with Crippen molar-refractivity contribution in [3.8, 4) is 0 Å². The third kappa shape index (κ3) is 24.7. The second-order valence-corrected chi connectivity index (χ2v) is 1.87. The van der Waals surface area contributed by atoms with E-state index in [1.807, 2.05) is 0 Å². The molecule has 0 aromatic carbocycles. The van der Waals surface area contributed by atoms with Gasteiger partial charge in [0.2, 0.25) is 0 Å². The first-order valence-corrected chi connectivity index (χ1v) is 2.87. The van der Waals surface area contributed by atoms with Crippen LogP contribution in [0.4, 0.5) is 0 Å². The third-order valence-electron chi connectivity index (χ3n) is 1.13. The van der Waals surface area contributed by atoms with Crippen LogP contribution in [-0.4, -0.2) is 140 Å². The molecule has 17 nitrogen and oxygen atoms in total. The molecule has 23 heteroatoms. The van der Waals surface area contributed by atoms with Gasteiger partial charge in [-0.2, -0.15) is 0 Å². The van der Waals surface area contributed by atoms with E-state index in [1.165, 1.54) is 0 Å². The van der Waals surface area contributed by atoms with E-state index in [-0.39, 0.29) is 156 Å². The molecule has 0 radical (unpaired) electrons. The molecule has 0 atom stereocenters. The van der Waals surface area contributed by atoms with Crippen LogP contribution in [0.2, 0.25) is 0 Å². The van der Waals surface area contributed by atoms with Crippen molar-refractivity contribution in [2.75, 3.05) is 0 Å². The Kier molecular flexibility index (Phi) is 113. The maximum Gasteiger partial charge on any atom is 2.00 e. The zero-order valence-electron chi connectivity index (χ0n) is 15.0. The quantitative estimate of drug-likeness (QED) is 0.323. The molecule has 0 spiro atoms. The molecule has 23 heavy (non-hydrogen) atoms. The van der Waals surface area contributed by atoms with Gasteiger partial charge in [-0.05, 0) is 0 Å². The molecular formula is H25B4KO17Sr. The van der Waals surface area contributed by atoms with Crippen molar-refractivity contribution >= 4 is 74.8 Å². The second-order valence-electron chi connectivity index (χ2n) is 1.87. The normalized spacial score (nSPS) is 11.7. The predicted octanol–water partition coefficient (Wildman–Crippen LogP) is -14.3. The summed E-state index contributed by atoms with van der Waals surface area (Å²) in [6.07, 6.45) is 0. The van der Waals surface area contributed by atoms with E-state index in [0.29, 0.717) is 0 Å². The monoisotopic (exact) mass is 468 g/mol. The zero-order chi connectivity index (χ0) is 7.84. The molecule has 22 N–H and O–H groups in total. The number of rotatable bonds is 0. The van der Waals surface area contributed by atoms with Crippen LogP contribution < -0.4 is 51.4 Å². The molecule has 0 unspecified atom stereocenters. The second kappa shape index (κ2) is 35.7. The molecule has 0 saturated carbocycles. The van der Waals surface area contributed by atoms with Gasteiger partial charge in [0.25, 0.3) is 0 Å². The first-order chi connectivity index (χ1) is 5.24. The molecule has 0 aromatic heterocycles. The van der Waals surface area contributed by atoms with Crippen LogP contribution in [0.1, 0.15) is 4.28 Å². The molecule has 142 valence electrons. The smallest absolute Gasteiger partial charge is 1.00 e. The van der Waals surface area contributed by atoms with Crippen molar-refractivity contribution < 1.29 is 143 Å². The van der Waals surface area contributed by atoms with E-state index in [4.69, 9.17) is 10.0 Å². The van der Waals surface area contributed by atoms with E-state index in [9.17, 15) is 0 Å². The van der Waals surface area contributed by atoms with Gasteiger partial charge in [0.1, 0.15) is 0 Å². The molecule has 0 amide bonds. The van der Waals surface area contributed by atoms with Crippen molar-refractivity contribution in [2.24, 2.45) is 0 Å². The van der Waals surface area contributed by atoms with Gasteiger partial charge in [0.05, 0.1) is 0 Å². The van der Waals surface area contributed by atoms with Gasteiger partial charge >= 0.3 is 126 Å². The van der Waals surface area contributed by atoms with E-state index in [2.05, 4.69) is 22.9 Å². The Bertz CT molecular complexity index is 145. The minimum Gasteiger partial charge on any atom is -1.00 e. The summed E-state index contributed by atoms with van der Waals surface area (Å²) in [6.45, 7) is 0. The number of hydrogen-bond acceptors (Lipinski definition) is 7. The molecular weight excluding hydrogens is 442 g/mol. The summed E-state index contributed by atoms with van der Waals surface area (Å²) in [5.74, 6) is 0. The predicted molar refractivity (Wildman–Crippen MR) is 78.1 cm³/mol. The van der Waals surface area contributed by atoms with Crippen LogP contribution in [0.5, 0.6) is 0 Å². The Balaban J connectivity index is -0.00000000800. The molecule has 2 aliphatic rings. The zero-order valence-corrected chi connectivity index (χ0v) is 18.6. The topological polar surface area (TPSA) is 402 Å². The Morgan fingerprint density at radius 1 is 0.478 bits per heavy atom. The maximum absolute atomic E-state index is 8.74. The number of hydrogen-bond donors (Lipinski definition) is 2. The van der Waals surface area contributed by atoms with Gasteiger partial charge < -0.3 is 91.9 Å². The summed E-state index contributed by atoms with van der Waals surface area (Å²) < 4.78 is 22.6. The minimum absolute atomic E-state index is 0. The van der Waals surface area contributed by atoms with E-state index >= 15 is 0 Å². The fraction of sp³-hybridized carbons (Fsp3) is 0. The van der Waals surface area contributed by atoms with Crippen LogP contribution in [-0.2, 0) is 22.9 Å². The average Bonchev–Trinajstić information content (AvgIpc) is 1.82. The summed E-state index contributed by atoms with van der Waals surface area (Å²) >= 11 is 0. The fourth-order valence-electron chi connectivity index (χ4n) is 0.728. The molecule has 2 fully saturated rings. The minimum atomic E-state index is -1.45. The van der Waals surface area contributed by atoms with Crippen molar-refractivity contribution in [2.45, 2.75) is 0 Å². The van der Waals surface area contributed by atoms with Crippen molar-refractivity contribution in [3.63, 3.8) is 0 Å². The first kappa shape index (κ1) is 72.6. The molecule has 0 aromatic rings. The molecule has 2 rings (SSSR count). The van der Waals surface area contributed by atoms with Crippen LogP contribution in [0.15, 0.2) is 0 Å². The molecule has 2 aliphatic heterocycles. The Hall–Kier alpha value is 2.70. The number of fused-ring (bicyclic) bond motifs is 2. The molecule has 2 bridgehead atoms. The summed E-state index contributed by atoms with van der Waals surface area (Å²) in [7, 11) is -5.20. The Morgan fingerprint density at radius 2 is 0.652 bits per heavy atom. The van der Waals surface area contributed by atoms with Crippen molar-refractivity contribution in [1.29, 1.82) is 0 Å². The maximum atomic E-state index is 8.74. The summed E-state index contributed by atoms with van der Waals surface area (Å²) in [5.41, 5.74) is 0. The van der Waals surface area contributed by atoms with Gasteiger partial charge in [-0.1, -0.05) is 0 Å². The average molecular weight is 467 g/mol. The van der Waals surface area contributed by atoms with Crippen LogP contribution >= 0.6 is 0 Å². The summed E-state index contributed by atoms with van der Waals surface area (Å²) in [6, 6.07) is 0. The van der Waals surface area contributed by atoms with Gasteiger partial charge in [0.15, 0.2) is 0 Å². The SMILES string of the molecule is O.O.O.O.O.O.O.O.O.O.OB1OB2OB(O)OB(O1)O2.[H-].[H-].[H-].[K+].[Sr+2]. The third-order valence-corrected chi connectivity index (χ3v) is 1.13. The summed E-state index contributed by atoms with van der Waals surface area (Å²) in [5, 5.41) is 17.5. The van der Waals surface area contributed by atoms with Crippen molar-refractivity contribution in [1.82, 2.24) is 0 Å². The largest absolute Gasteiger partial charge is 2.00 e.